The highest BCUT2D eigenvalue weighted by atomic mass is 16.3. The third-order valence-corrected chi connectivity index (χ3v) is 2.78. The van der Waals surface area contributed by atoms with Crippen LogP contribution in [0.5, 0.6) is 0 Å². The van der Waals surface area contributed by atoms with Gasteiger partial charge < -0.3 is 10.4 Å². The van der Waals surface area contributed by atoms with Crippen LogP contribution < -0.4 is 5.32 Å². The van der Waals surface area contributed by atoms with Crippen molar-refractivity contribution in [1.82, 2.24) is 15.1 Å². The van der Waals surface area contributed by atoms with Crippen LogP contribution in [0.4, 0.5) is 0 Å². The van der Waals surface area contributed by atoms with E-state index in [0.717, 1.165) is 25.2 Å². The Bertz CT molecular complexity index is 493. The molecule has 96 valence electrons. The maximum atomic E-state index is 9.05. The number of rotatable bonds is 6. The molecule has 18 heavy (non-hydrogen) atoms. The molecule has 0 atom stereocenters. The lowest BCUT2D eigenvalue weighted by Crippen LogP contribution is -2.19. The number of aromatic nitrogens is 2. The Morgan fingerprint density at radius 2 is 2.17 bits per heavy atom. The molecule has 2 aromatic rings. The molecule has 0 saturated heterocycles. The molecular weight excluding hydrogens is 226 g/mol. The van der Waals surface area contributed by atoms with Crippen molar-refractivity contribution in [3.8, 4) is 0 Å². The number of hydrogen-bond acceptors (Lipinski definition) is 3. The molecule has 0 bridgehead atoms. The monoisotopic (exact) mass is 245 g/mol. The van der Waals surface area contributed by atoms with Crippen LogP contribution in [0.2, 0.25) is 0 Å². The predicted molar refractivity (Wildman–Crippen MR) is 71.0 cm³/mol. The van der Waals surface area contributed by atoms with E-state index in [0.29, 0.717) is 0 Å². The maximum absolute atomic E-state index is 9.05. The Balaban J connectivity index is 1.74. The minimum Gasteiger partial charge on any atom is -0.392 e. The van der Waals surface area contributed by atoms with Crippen molar-refractivity contribution in [2.24, 2.45) is 0 Å². The lowest BCUT2D eigenvalue weighted by atomic mass is 10.1. The van der Waals surface area contributed by atoms with Gasteiger partial charge in [0.1, 0.15) is 0 Å². The van der Waals surface area contributed by atoms with E-state index in [1.54, 1.807) is 0 Å². The second-order valence-electron chi connectivity index (χ2n) is 4.44. The standard InChI is InChI=1S/C14H19N3O/c1-12-8-16-17(10-12)6-5-15-9-13-3-2-4-14(7-13)11-18/h2-4,7-8,10,15,18H,5-6,9,11H2,1H3. The van der Waals surface area contributed by atoms with Crippen molar-refractivity contribution >= 4 is 0 Å². The van der Waals surface area contributed by atoms with E-state index in [1.807, 2.05) is 42.2 Å². The molecule has 2 N–H and O–H groups in total. The number of hydrogen-bond donors (Lipinski definition) is 2. The summed E-state index contributed by atoms with van der Waals surface area (Å²) in [4.78, 5) is 0. The molecule has 4 heteroatoms. The van der Waals surface area contributed by atoms with Crippen molar-refractivity contribution in [2.75, 3.05) is 6.54 Å². The van der Waals surface area contributed by atoms with Crippen molar-refractivity contribution in [3.63, 3.8) is 0 Å². The summed E-state index contributed by atoms with van der Waals surface area (Å²) in [5.41, 5.74) is 3.33. The average Bonchev–Trinajstić information content (AvgIpc) is 2.81. The highest BCUT2D eigenvalue weighted by molar-refractivity contribution is 5.22. The Kier molecular flexibility index (Phi) is 4.50. The molecule has 4 nitrogen and oxygen atoms in total. The Hall–Kier alpha value is -1.65. The van der Waals surface area contributed by atoms with Crippen LogP contribution in [-0.2, 0) is 19.7 Å². The molecule has 1 aromatic heterocycles. The highest BCUT2D eigenvalue weighted by Crippen LogP contribution is 2.04. The second-order valence-corrected chi connectivity index (χ2v) is 4.44. The zero-order valence-corrected chi connectivity index (χ0v) is 10.6. The fourth-order valence-corrected chi connectivity index (χ4v) is 1.85. The second kappa shape index (κ2) is 6.33. The molecule has 1 aromatic carbocycles. The molecule has 0 unspecified atom stereocenters. The summed E-state index contributed by atoms with van der Waals surface area (Å²) in [6, 6.07) is 7.98. The fraction of sp³-hybridized carbons (Fsp3) is 0.357. The summed E-state index contributed by atoms with van der Waals surface area (Å²) < 4.78 is 1.94. The first kappa shape index (κ1) is 12.8. The molecule has 0 aliphatic heterocycles. The number of nitrogens with one attached hydrogen (secondary N) is 1. The molecule has 0 radical (unpaired) electrons. The van der Waals surface area contributed by atoms with Crippen molar-refractivity contribution in [3.05, 3.63) is 53.3 Å². The normalized spacial score (nSPS) is 10.8. The minimum atomic E-state index is 0.0976. The van der Waals surface area contributed by atoms with E-state index in [1.165, 1.54) is 11.1 Å². The van der Waals surface area contributed by atoms with Gasteiger partial charge in [-0.05, 0) is 23.6 Å². The van der Waals surface area contributed by atoms with Gasteiger partial charge in [-0.25, -0.2) is 0 Å². The van der Waals surface area contributed by atoms with Crippen LogP contribution in [-0.4, -0.2) is 21.4 Å². The molecule has 1 heterocycles. The van der Waals surface area contributed by atoms with Crippen LogP contribution in [0.15, 0.2) is 36.7 Å². The number of aliphatic hydroxyl groups excluding tert-OH is 1. The van der Waals surface area contributed by atoms with Crippen molar-refractivity contribution < 1.29 is 5.11 Å². The molecule has 0 aliphatic carbocycles. The number of nitrogens with zero attached hydrogens (tertiary/aromatic N) is 2. The first-order valence-corrected chi connectivity index (χ1v) is 6.16. The number of benzene rings is 1. The van der Waals surface area contributed by atoms with Gasteiger partial charge in [-0.3, -0.25) is 4.68 Å². The third kappa shape index (κ3) is 3.68. The summed E-state index contributed by atoms with van der Waals surface area (Å²) in [5, 5.41) is 16.7. The van der Waals surface area contributed by atoms with Gasteiger partial charge in [-0.2, -0.15) is 5.10 Å². The van der Waals surface area contributed by atoms with Crippen molar-refractivity contribution in [1.29, 1.82) is 0 Å². The van der Waals surface area contributed by atoms with Crippen molar-refractivity contribution in [2.45, 2.75) is 26.6 Å². The topological polar surface area (TPSA) is 50.1 Å². The SMILES string of the molecule is Cc1cnn(CCNCc2cccc(CO)c2)c1. The summed E-state index contributed by atoms with van der Waals surface area (Å²) in [6.45, 7) is 4.70. The summed E-state index contributed by atoms with van der Waals surface area (Å²) in [7, 11) is 0. The lowest BCUT2D eigenvalue weighted by molar-refractivity contribution is 0.281. The third-order valence-electron chi connectivity index (χ3n) is 2.78. The van der Waals surface area contributed by atoms with Gasteiger partial charge in [0.2, 0.25) is 0 Å². The predicted octanol–water partition coefficient (Wildman–Crippen LogP) is 1.47. The summed E-state index contributed by atoms with van der Waals surface area (Å²) in [6.07, 6.45) is 3.90. The van der Waals surface area contributed by atoms with E-state index in [9.17, 15) is 0 Å². The zero-order chi connectivity index (χ0) is 12.8. The lowest BCUT2D eigenvalue weighted by Gasteiger charge is -2.06. The Morgan fingerprint density at radius 3 is 2.89 bits per heavy atom. The van der Waals surface area contributed by atoms with E-state index >= 15 is 0 Å². The Morgan fingerprint density at radius 1 is 1.33 bits per heavy atom. The van der Waals surface area contributed by atoms with E-state index < -0.39 is 0 Å². The van der Waals surface area contributed by atoms with Gasteiger partial charge in [0.05, 0.1) is 19.3 Å². The van der Waals surface area contributed by atoms with Gasteiger partial charge >= 0.3 is 0 Å². The molecule has 0 saturated carbocycles. The number of aryl methyl sites for hydroxylation is 1. The van der Waals surface area contributed by atoms with Crippen LogP contribution in [0.25, 0.3) is 0 Å². The van der Waals surface area contributed by atoms with Gasteiger partial charge in [-0.1, -0.05) is 24.3 Å². The largest absolute Gasteiger partial charge is 0.392 e. The van der Waals surface area contributed by atoms with Crippen LogP contribution in [0.3, 0.4) is 0 Å². The molecule has 0 fully saturated rings. The minimum absolute atomic E-state index is 0.0976. The van der Waals surface area contributed by atoms with Crippen LogP contribution in [0, 0.1) is 6.92 Å². The zero-order valence-electron chi connectivity index (χ0n) is 10.6. The maximum Gasteiger partial charge on any atom is 0.0681 e. The smallest absolute Gasteiger partial charge is 0.0681 e. The number of aliphatic hydroxyl groups is 1. The fourth-order valence-electron chi connectivity index (χ4n) is 1.85. The summed E-state index contributed by atoms with van der Waals surface area (Å²) >= 11 is 0. The molecule has 0 amide bonds. The van der Waals surface area contributed by atoms with E-state index in [2.05, 4.69) is 16.5 Å². The van der Waals surface area contributed by atoms with Gasteiger partial charge in [0, 0.05) is 19.3 Å². The molecule has 0 spiro atoms. The molecular formula is C14H19N3O. The van der Waals surface area contributed by atoms with Gasteiger partial charge in [0.25, 0.3) is 0 Å². The van der Waals surface area contributed by atoms with Gasteiger partial charge in [0.15, 0.2) is 0 Å². The van der Waals surface area contributed by atoms with Gasteiger partial charge in [-0.15, -0.1) is 0 Å². The quantitative estimate of drug-likeness (QED) is 0.758. The molecule has 0 aliphatic rings. The van der Waals surface area contributed by atoms with E-state index in [4.69, 9.17) is 5.11 Å². The average molecular weight is 245 g/mol. The Labute approximate surface area is 107 Å². The van der Waals surface area contributed by atoms with E-state index in [-0.39, 0.29) is 6.61 Å². The van der Waals surface area contributed by atoms with Crippen LogP contribution in [0.1, 0.15) is 16.7 Å². The van der Waals surface area contributed by atoms with Crippen LogP contribution >= 0.6 is 0 Å². The highest BCUT2D eigenvalue weighted by Gasteiger charge is 1.96. The summed E-state index contributed by atoms with van der Waals surface area (Å²) in [5.74, 6) is 0. The first-order chi connectivity index (χ1) is 8.78. The molecule has 2 rings (SSSR count). The first-order valence-electron chi connectivity index (χ1n) is 6.16.